The van der Waals surface area contributed by atoms with Crippen LogP contribution < -0.4 is 10.5 Å². The predicted molar refractivity (Wildman–Crippen MR) is 86.6 cm³/mol. The van der Waals surface area contributed by atoms with E-state index in [9.17, 15) is 4.79 Å². The highest BCUT2D eigenvalue weighted by Gasteiger charge is 2.20. The van der Waals surface area contributed by atoms with E-state index in [4.69, 9.17) is 10.5 Å². The molecule has 0 aromatic heterocycles. The van der Waals surface area contributed by atoms with Crippen molar-refractivity contribution in [2.45, 2.75) is 26.3 Å². The molecule has 1 rings (SSSR count). The Morgan fingerprint density at radius 1 is 1.40 bits per heavy atom. The number of hydrogen-bond donors (Lipinski definition) is 1. The number of thioether (sulfide) groups is 1. The molecule has 1 unspecified atom stereocenters. The number of nitrogens with zero attached hydrogens (tertiary/aromatic N) is 1. The monoisotopic (exact) mass is 296 g/mol. The van der Waals surface area contributed by atoms with Crippen molar-refractivity contribution < 1.29 is 9.53 Å². The number of amides is 1. The Morgan fingerprint density at radius 3 is 2.65 bits per heavy atom. The molecule has 0 bridgehead atoms. The molecule has 5 heteroatoms. The summed E-state index contributed by atoms with van der Waals surface area (Å²) in [5.74, 6) is 1.56. The topological polar surface area (TPSA) is 55.6 Å². The van der Waals surface area contributed by atoms with Gasteiger partial charge in [0.25, 0.3) is 5.91 Å². The van der Waals surface area contributed by atoms with Crippen LogP contribution in [0.4, 0.5) is 5.69 Å². The van der Waals surface area contributed by atoms with Crippen LogP contribution in [0.5, 0.6) is 5.75 Å². The largest absolute Gasteiger partial charge is 0.494 e. The van der Waals surface area contributed by atoms with Crippen molar-refractivity contribution >= 4 is 23.4 Å². The van der Waals surface area contributed by atoms with Gasteiger partial charge in [-0.1, -0.05) is 6.92 Å². The van der Waals surface area contributed by atoms with Crippen LogP contribution in [0, 0.1) is 0 Å². The van der Waals surface area contributed by atoms with Gasteiger partial charge in [-0.3, -0.25) is 4.79 Å². The molecule has 0 saturated carbocycles. The summed E-state index contributed by atoms with van der Waals surface area (Å²) in [4.78, 5) is 14.3. The molecule has 0 spiro atoms. The SMILES string of the molecule is CCOc1cc(N)cc(C(=O)N(C)C(CC)CSC)c1. The van der Waals surface area contributed by atoms with Gasteiger partial charge in [0, 0.05) is 36.2 Å². The van der Waals surface area contributed by atoms with E-state index in [1.807, 2.05) is 14.0 Å². The molecule has 0 aliphatic rings. The summed E-state index contributed by atoms with van der Waals surface area (Å²) in [5.41, 5.74) is 6.97. The Morgan fingerprint density at radius 2 is 2.10 bits per heavy atom. The molecule has 0 aliphatic heterocycles. The fraction of sp³-hybridized carbons (Fsp3) is 0.533. The Labute approximate surface area is 125 Å². The van der Waals surface area contributed by atoms with Gasteiger partial charge in [0.1, 0.15) is 5.75 Å². The second kappa shape index (κ2) is 8.04. The fourth-order valence-corrected chi connectivity index (χ4v) is 2.91. The molecular weight excluding hydrogens is 272 g/mol. The number of ether oxygens (including phenoxy) is 1. The Bertz CT molecular complexity index is 451. The lowest BCUT2D eigenvalue weighted by molar-refractivity contribution is 0.0743. The van der Waals surface area contributed by atoms with Crippen molar-refractivity contribution in [1.29, 1.82) is 0 Å². The summed E-state index contributed by atoms with van der Waals surface area (Å²) in [5, 5.41) is 0. The maximum absolute atomic E-state index is 12.5. The number of rotatable bonds is 7. The molecule has 112 valence electrons. The minimum absolute atomic E-state index is 0.0147. The van der Waals surface area contributed by atoms with E-state index in [-0.39, 0.29) is 11.9 Å². The van der Waals surface area contributed by atoms with E-state index in [2.05, 4.69) is 13.2 Å². The zero-order valence-electron chi connectivity index (χ0n) is 12.7. The molecule has 2 N–H and O–H groups in total. The van der Waals surface area contributed by atoms with Crippen LogP contribution in [0.15, 0.2) is 18.2 Å². The standard InChI is InChI=1S/C15H24N2O2S/c1-5-13(10-20-4)17(3)15(18)11-7-12(16)9-14(8-11)19-6-2/h7-9,13H,5-6,10,16H2,1-4H3. The molecule has 0 heterocycles. The summed E-state index contributed by atoms with van der Waals surface area (Å²) in [7, 11) is 1.84. The predicted octanol–water partition coefficient (Wildman–Crippen LogP) is 2.88. The Hall–Kier alpha value is -1.36. The van der Waals surface area contributed by atoms with Crippen LogP contribution in [0.2, 0.25) is 0 Å². The maximum atomic E-state index is 12.5. The van der Waals surface area contributed by atoms with Crippen LogP contribution in [-0.4, -0.2) is 42.5 Å². The molecule has 20 heavy (non-hydrogen) atoms. The number of benzene rings is 1. The van der Waals surface area contributed by atoms with Gasteiger partial charge in [0.05, 0.1) is 6.61 Å². The normalized spacial score (nSPS) is 12.0. The summed E-state index contributed by atoms with van der Waals surface area (Å²) < 4.78 is 5.44. The van der Waals surface area contributed by atoms with Crippen molar-refractivity contribution in [3.63, 3.8) is 0 Å². The first kappa shape index (κ1) is 16.7. The van der Waals surface area contributed by atoms with Crippen molar-refractivity contribution in [2.75, 3.05) is 31.4 Å². The Balaban J connectivity index is 2.95. The average Bonchev–Trinajstić information content (AvgIpc) is 2.43. The van der Waals surface area contributed by atoms with E-state index in [0.717, 1.165) is 12.2 Å². The van der Waals surface area contributed by atoms with Crippen molar-refractivity contribution in [3.05, 3.63) is 23.8 Å². The minimum Gasteiger partial charge on any atom is -0.494 e. The first-order chi connectivity index (χ1) is 9.53. The van der Waals surface area contributed by atoms with Gasteiger partial charge in [-0.15, -0.1) is 0 Å². The molecular formula is C15H24N2O2S. The number of nitrogens with two attached hydrogens (primary N) is 1. The van der Waals surface area contributed by atoms with Crippen LogP contribution in [-0.2, 0) is 0 Å². The third kappa shape index (κ3) is 4.34. The number of nitrogen functional groups attached to an aromatic ring is 1. The second-order valence-corrected chi connectivity index (χ2v) is 5.57. The number of hydrogen-bond acceptors (Lipinski definition) is 4. The molecule has 0 fully saturated rings. The number of carbonyl (C=O) groups excluding carboxylic acids is 1. The maximum Gasteiger partial charge on any atom is 0.254 e. The summed E-state index contributed by atoms with van der Waals surface area (Å²) in [6, 6.07) is 5.42. The second-order valence-electron chi connectivity index (χ2n) is 4.66. The van der Waals surface area contributed by atoms with E-state index in [1.54, 1.807) is 34.9 Å². The lowest BCUT2D eigenvalue weighted by atomic mass is 10.1. The molecule has 0 saturated heterocycles. The highest BCUT2D eigenvalue weighted by molar-refractivity contribution is 7.98. The first-order valence-electron chi connectivity index (χ1n) is 6.82. The number of carbonyl (C=O) groups is 1. The highest BCUT2D eigenvalue weighted by Crippen LogP contribution is 2.21. The van der Waals surface area contributed by atoms with Gasteiger partial charge in [0.2, 0.25) is 0 Å². The highest BCUT2D eigenvalue weighted by atomic mass is 32.2. The van der Waals surface area contributed by atoms with E-state index < -0.39 is 0 Å². The molecule has 1 atom stereocenters. The van der Waals surface area contributed by atoms with Crippen molar-refractivity contribution in [3.8, 4) is 5.75 Å². The summed E-state index contributed by atoms with van der Waals surface area (Å²) in [6.07, 6.45) is 2.98. The third-order valence-corrected chi connectivity index (χ3v) is 3.90. The zero-order chi connectivity index (χ0) is 15.1. The summed E-state index contributed by atoms with van der Waals surface area (Å²) in [6.45, 7) is 4.55. The molecule has 1 amide bonds. The lowest BCUT2D eigenvalue weighted by Gasteiger charge is -2.27. The van der Waals surface area contributed by atoms with Gasteiger partial charge in [0.15, 0.2) is 0 Å². The third-order valence-electron chi connectivity index (χ3n) is 3.19. The first-order valence-corrected chi connectivity index (χ1v) is 8.22. The van der Waals surface area contributed by atoms with E-state index in [0.29, 0.717) is 23.6 Å². The Kier molecular flexibility index (Phi) is 6.71. The molecule has 0 radical (unpaired) electrons. The zero-order valence-corrected chi connectivity index (χ0v) is 13.5. The molecule has 1 aromatic carbocycles. The summed E-state index contributed by atoms with van der Waals surface area (Å²) >= 11 is 1.75. The van der Waals surface area contributed by atoms with E-state index in [1.165, 1.54) is 0 Å². The van der Waals surface area contributed by atoms with Gasteiger partial charge >= 0.3 is 0 Å². The molecule has 0 aliphatic carbocycles. The quantitative estimate of drug-likeness (QED) is 0.786. The van der Waals surface area contributed by atoms with Gasteiger partial charge in [-0.25, -0.2) is 0 Å². The van der Waals surface area contributed by atoms with Gasteiger partial charge in [-0.2, -0.15) is 11.8 Å². The number of anilines is 1. The smallest absolute Gasteiger partial charge is 0.254 e. The fourth-order valence-electron chi connectivity index (χ4n) is 2.06. The van der Waals surface area contributed by atoms with Crippen LogP contribution >= 0.6 is 11.8 Å². The van der Waals surface area contributed by atoms with Crippen molar-refractivity contribution in [2.24, 2.45) is 0 Å². The lowest BCUT2D eigenvalue weighted by Crippen LogP contribution is -2.38. The van der Waals surface area contributed by atoms with Gasteiger partial charge < -0.3 is 15.4 Å². The van der Waals surface area contributed by atoms with Crippen LogP contribution in [0.25, 0.3) is 0 Å². The molecule has 1 aromatic rings. The van der Waals surface area contributed by atoms with Crippen LogP contribution in [0.1, 0.15) is 30.6 Å². The minimum atomic E-state index is -0.0147. The van der Waals surface area contributed by atoms with Crippen LogP contribution in [0.3, 0.4) is 0 Å². The van der Waals surface area contributed by atoms with E-state index >= 15 is 0 Å². The average molecular weight is 296 g/mol. The molecule has 4 nitrogen and oxygen atoms in total. The van der Waals surface area contributed by atoms with Crippen molar-refractivity contribution in [1.82, 2.24) is 4.90 Å². The van der Waals surface area contributed by atoms with Gasteiger partial charge in [-0.05, 0) is 31.7 Å².